The molecule has 0 atom stereocenters. The number of aliphatic imine (C=N–C) groups is 1. The number of hydrogen-bond donors (Lipinski definition) is 2. The molecule has 5 nitrogen and oxygen atoms in total. The zero-order chi connectivity index (χ0) is 18.1. The van der Waals surface area contributed by atoms with E-state index in [2.05, 4.69) is 66.3 Å². The molecule has 1 saturated heterocycles. The van der Waals surface area contributed by atoms with Gasteiger partial charge in [0.1, 0.15) is 0 Å². The Balaban J connectivity index is 1.56. The molecule has 1 aromatic carbocycles. The summed E-state index contributed by atoms with van der Waals surface area (Å²) in [5.74, 6) is 0.515. The van der Waals surface area contributed by atoms with Crippen LogP contribution in [0.5, 0.6) is 0 Å². The minimum absolute atomic E-state index is 0.0438. The molecule has 1 aliphatic heterocycles. The maximum atomic E-state index is 6.01. The molecule has 0 unspecified atom stereocenters. The zero-order valence-corrected chi connectivity index (χ0v) is 16.0. The molecule has 0 radical (unpaired) electrons. The monoisotopic (exact) mass is 346 g/mol. The van der Waals surface area contributed by atoms with E-state index in [0.29, 0.717) is 18.6 Å². The van der Waals surface area contributed by atoms with Gasteiger partial charge in [-0.1, -0.05) is 30.3 Å². The van der Waals surface area contributed by atoms with E-state index in [1.165, 1.54) is 5.56 Å². The minimum Gasteiger partial charge on any atom is -0.378 e. The van der Waals surface area contributed by atoms with Crippen molar-refractivity contribution in [2.45, 2.75) is 58.2 Å². The van der Waals surface area contributed by atoms with Crippen molar-refractivity contribution in [3.8, 4) is 0 Å². The van der Waals surface area contributed by atoms with Crippen LogP contribution in [0, 0.1) is 0 Å². The second-order valence-corrected chi connectivity index (χ2v) is 7.83. The zero-order valence-electron chi connectivity index (χ0n) is 16.0. The molecule has 1 fully saturated rings. The van der Waals surface area contributed by atoms with E-state index >= 15 is 0 Å². The molecule has 0 saturated carbocycles. The molecule has 0 aromatic heterocycles. The molecule has 2 rings (SSSR count). The van der Waals surface area contributed by atoms with E-state index in [0.717, 1.165) is 45.5 Å². The fourth-order valence-corrected chi connectivity index (χ4v) is 3.01. The molecular formula is C20H34N4O. The number of likely N-dealkylation sites (tertiary alicyclic amines) is 1. The average Bonchev–Trinajstić information content (AvgIpc) is 2.55. The van der Waals surface area contributed by atoms with E-state index in [1.54, 1.807) is 0 Å². The van der Waals surface area contributed by atoms with Crippen LogP contribution in [0.4, 0.5) is 0 Å². The summed E-state index contributed by atoms with van der Waals surface area (Å²) in [4.78, 5) is 6.86. The molecule has 3 N–H and O–H groups in total. The number of nitrogens with zero attached hydrogens (tertiary/aromatic N) is 2. The topological polar surface area (TPSA) is 62.9 Å². The Morgan fingerprint density at radius 3 is 2.56 bits per heavy atom. The van der Waals surface area contributed by atoms with Gasteiger partial charge in [0, 0.05) is 38.3 Å². The van der Waals surface area contributed by atoms with Gasteiger partial charge in [0.05, 0.1) is 6.10 Å². The van der Waals surface area contributed by atoms with Crippen LogP contribution in [0.2, 0.25) is 0 Å². The van der Waals surface area contributed by atoms with Crippen LogP contribution < -0.4 is 11.1 Å². The van der Waals surface area contributed by atoms with Crippen molar-refractivity contribution >= 4 is 5.96 Å². The van der Waals surface area contributed by atoms with Gasteiger partial charge in [0.15, 0.2) is 5.96 Å². The Bertz CT molecular complexity index is 516. The summed E-state index contributed by atoms with van der Waals surface area (Å²) < 4.78 is 6.01. The first-order chi connectivity index (χ1) is 11.9. The minimum atomic E-state index is -0.0438. The van der Waals surface area contributed by atoms with Gasteiger partial charge in [-0.3, -0.25) is 9.89 Å². The highest BCUT2D eigenvalue weighted by Gasteiger charge is 2.19. The number of piperidine rings is 1. The van der Waals surface area contributed by atoms with Crippen molar-refractivity contribution in [3.63, 3.8) is 0 Å². The fraction of sp³-hybridized carbons (Fsp3) is 0.650. The van der Waals surface area contributed by atoms with Crippen molar-refractivity contribution in [2.75, 3.05) is 26.2 Å². The quantitative estimate of drug-likeness (QED) is 0.453. The first-order valence-corrected chi connectivity index (χ1v) is 9.38. The molecule has 0 spiro atoms. The van der Waals surface area contributed by atoms with Crippen LogP contribution in [0.15, 0.2) is 35.3 Å². The van der Waals surface area contributed by atoms with Gasteiger partial charge >= 0.3 is 0 Å². The molecule has 5 heteroatoms. The SMILES string of the molecule is CC(C)(C)NC(N)=NCCCOC1CCN(Cc2ccccc2)CC1. The van der Waals surface area contributed by atoms with Crippen molar-refractivity contribution < 1.29 is 4.74 Å². The van der Waals surface area contributed by atoms with Gasteiger partial charge in [-0.2, -0.15) is 0 Å². The van der Waals surface area contributed by atoms with Gasteiger partial charge in [-0.15, -0.1) is 0 Å². The van der Waals surface area contributed by atoms with Crippen LogP contribution in [0.3, 0.4) is 0 Å². The molecular weight excluding hydrogens is 312 g/mol. The summed E-state index contributed by atoms with van der Waals surface area (Å²) in [5, 5.41) is 3.17. The highest BCUT2D eigenvalue weighted by molar-refractivity contribution is 5.78. The Labute approximate surface area is 152 Å². The predicted octanol–water partition coefficient (Wildman–Crippen LogP) is 2.76. The van der Waals surface area contributed by atoms with E-state index in [1.807, 2.05) is 0 Å². The normalized spacial score (nSPS) is 17.6. The molecule has 0 aliphatic carbocycles. The number of ether oxygens (including phenoxy) is 1. The summed E-state index contributed by atoms with van der Waals surface area (Å²) in [7, 11) is 0. The van der Waals surface area contributed by atoms with Crippen LogP contribution in [0.1, 0.15) is 45.6 Å². The average molecular weight is 347 g/mol. The van der Waals surface area contributed by atoms with Gasteiger partial charge in [-0.05, 0) is 45.6 Å². The highest BCUT2D eigenvalue weighted by atomic mass is 16.5. The summed E-state index contributed by atoms with van der Waals surface area (Å²) >= 11 is 0. The molecule has 1 aliphatic rings. The van der Waals surface area contributed by atoms with Crippen LogP contribution in [-0.4, -0.2) is 48.7 Å². The maximum absolute atomic E-state index is 6.01. The van der Waals surface area contributed by atoms with E-state index in [9.17, 15) is 0 Å². The highest BCUT2D eigenvalue weighted by Crippen LogP contribution is 2.16. The smallest absolute Gasteiger partial charge is 0.188 e. The maximum Gasteiger partial charge on any atom is 0.188 e. The Morgan fingerprint density at radius 2 is 1.92 bits per heavy atom. The summed E-state index contributed by atoms with van der Waals surface area (Å²) in [5.41, 5.74) is 7.20. The first kappa shape index (κ1) is 19.7. The predicted molar refractivity (Wildman–Crippen MR) is 105 cm³/mol. The van der Waals surface area contributed by atoms with Gasteiger partial charge in [0.25, 0.3) is 0 Å². The largest absolute Gasteiger partial charge is 0.378 e. The summed E-state index contributed by atoms with van der Waals surface area (Å²) in [6.45, 7) is 11.0. The Morgan fingerprint density at radius 1 is 1.24 bits per heavy atom. The van der Waals surface area contributed by atoms with Gasteiger partial charge in [0.2, 0.25) is 0 Å². The standard InChI is InChI=1S/C20H34N4O/c1-20(2,3)23-19(21)22-12-7-15-25-18-10-13-24(14-11-18)16-17-8-5-4-6-9-17/h4-6,8-9,18H,7,10-16H2,1-3H3,(H3,21,22,23). The number of nitrogens with one attached hydrogen (secondary N) is 1. The summed E-state index contributed by atoms with van der Waals surface area (Å²) in [6, 6.07) is 10.7. The Kier molecular flexibility index (Phi) is 7.72. The second kappa shape index (κ2) is 9.78. The number of nitrogens with two attached hydrogens (primary N) is 1. The first-order valence-electron chi connectivity index (χ1n) is 9.38. The van der Waals surface area contributed by atoms with Crippen molar-refractivity contribution in [3.05, 3.63) is 35.9 Å². The van der Waals surface area contributed by atoms with E-state index < -0.39 is 0 Å². The lowest BCUT2D eigenvalue weighted by Gasteiger charge is -2.31. The third-order valence-corrected chi connectivity index (χ3v) is 4.22. The van der Waals surface area contributed by atoms with Gasteiger partial charge < -0.3 is 15.8 Å². The number of rotatable bonds is 7. The van der Waals surface area contributed by atoms with Crippen molar-refractivity contribution in [1.29, 1.82) is 0 Å². The van der Waals surface area contributed by atoms with E-state index in [-0.39, 0.29) is 5.54 Å². The third kappa shape index (κ3) is 8.36. The van der Waals surface area contributed by atoms with Crippen molar-refractivity contribution in [1.82, 2.24) is 10.2 Å². The van der Waals surface area contributed by atoms with E-state index in [4.69, 9.17) is 10.5 Å². The Hall–Kier alpha value is -1.59. The van der Waals surface area contributed by atoms with Crippen LogP contribution >= 0.6 is 0 Å². The number of guanidine groups is 1. The molecule has 0 bridgehead atoms. The van der Waals surface area contributed by atoms with Crippen LogP contribution in [-0.2, 0) is 11.3 Å². The molecule has 140 valence electrons. The lowest BCUT2D eigenvalue weighted by molar-refractivity contribution is 0.00566. The molecule has 0 amide bonds. The van der Waals surface area contributed by atoms with Crippen LogP contribution in [0.25, 0.3) is 0 Å². The second-order valence-electron chi connectivity index (χ2n) is 7.83. The summed E-state index contributed by atoms with van der Waals surface area (Å²) in [6.07, 6.45) is 3.53. The van der Waals surface area contributed by atoms with Gasteiger partial charge in [-0.25, -0.2) is 0 Å². The fourth-order valence-electron chi connectivity index (χ4n) is 3.01. The third-order valence-electron chi connectivity index (χ3n) is 4.22. The molecule has 25 heavy (non-hydrogen) atoms. The van der Waals surface area contributed by atoms with Crippen molar-refractivity contribution in [2.24, 2.45) is 10.7 Å². The lowest BCUT2D eigenvalue weighted by atomic mass is 10.1. The molecule has 1 heterocycles. The number of hydrogen-bond acceptors (Lipinski definition) is 3. The molecule has 1 aromatic rings. The number of benzene rings is 1. The lowest BCUT2D eigenvalue weighted by Crippen LogP contribution is -2.45.